The van der Waals surface area contributed by atoms with E-state index in [1.807, 2.05) is 0 Å². The average molecular weight is 591 g/mol. The minimum atomic E-state index is -0.892. The molecule has 1 unspecified atom stereocenters. The normalized spacial score (nSPS) is 11.6. The van der Waals surface area contributed by atoms with Gasteiger partial charge in [-0.05, 0) is 61.1 Å². The van der Waals surface area contributed by atoms with E-state index < -0.39 is 28.2 Å². The van der Waals surface area contributed by atoms with Gasteiger partial charge in [0.2, 0.25) is 0 Å². The van der Waals surface area contributed by atoms with Gasteiger partial charge in [-0.3, -0.25) is 19.4 Å². The number of benzene rings is 2. The van der Waals surface area contributed by atoms with Crippen LogP contribution in [0, 0.1) is 20.2 Å². The van der Waals surface area contributed by atoms with E-state index in [4.69, 9.17) is 19.9 Å². The van der Waals surface area contributed by atoms with Gasteiger partial charge in [-0.1, -0.05) is 24.3 Å². The Labute approximate surface area is 239 Å². The topological polar surface area (TPSA) is 222 Å². The second kappa shape index (κ2) is 18.1. The van der Waals surface area contributed by atoms with Gasteiger partial charge in [-0.15, -0.1) is 20.2 Å². The summed E-state index contributed by atoms with van der Waals surface area (Å²) in [6.07, 6.45) is -0.165. The second-order valence-electron chi connectivity index (χ2n) is 8.61. The maximum Gasteiger partial charge on any atom is 0.318 e. The molecule has 0 saturated heterocycles. The molecule has 0 bridgehead atoms. The number of nitrogens with two attached hydrogens (primary N) is 1. The van der Waals surface area contributed by atoms with Crippen LogP contribution >= 0.6 is 0 Å². The summed E-state index contributed by atoms with van der Waals surface area (Å²) in [5.74, 6) is -0.827. The molecule has 0 spiro atoms. The van der Waals surface area contributed by atoms with Crippen molar-refractivity contribution in [3.8, 4) is 11.5 Å². The molecule has 2 rings (SSSR count). The summed E-state index contributed by atoms with van der Waals surface area (Å²) in [7, 11) is 0. The summed E-state index contributed by atoms with van der Waals surface area (Å²) < 4.78 is 15.5. The standard InChI is InChI=1S/C26H30N4O12/c27-24(17-26(33)42-23-7-2-5-20(15-23)10-13-40-30(36)37)28-11-3-8-21(38-18-31)16-25(32)41-22-6-1-4-19(14-22)9-12-39-29(34)35/h1-2,4-7,14-15,18,21H,3,8-13,16-17H2,(H2,27,28). The number of rotatable bonds is 20. The van der Waals surface area contributed by atoms with Crippen molar-refractivity contribution >= 4 is 24.2 Å². The molecular weight excluding hydrogens is 560 g/mol. The van der Waals surface area contributed by atoms with Gasteiger partial charge in [0, 0.05) is 6.54 Å². The number of hydrogen-bond donors (Lipinski definition) is 1. The predicted octanol–water partition coefficient (Wildman–Crippen LogP) is 2.16. The number of nitrogens with zero attached hydrogens (tertiary/aromatic N) is 3. The molecule has 16 nitrogen and oxygen atoms in total. The molecule has 16 heteroatoms. The third-order valence-corrected chi connectivity index (χ3v) is 5.40. The van der Waals surface area contributed by atoms with E-state index >= 15 is 0 Å². The summed E-state index contributed by atoms with van der Waals surface area (Å²) in [6.45, 7) is 0.135. The lowest BCUT2D eigenvalue weighted by molar-refractivity contribution is -0.757. The minimum Gasteiger partial charge on any atom is -0.464 e. The Kier molecular flexibility index (Phi) is 14.2. The van der Waals surface area contributed by atoms with Crippen LogP contribution < -0.4 is 15.2 Å². The van der Waals surface area contributed by atoms with E-state index in [0.29, 0.717) is 17.5 Å². The SMILES string of the molecule is NC(CC(=O)Oc1cccc(CCO[N+](=O)[O-])c1)=NCCCC(CC(=O)Oc1cccc(CCO[N+](=O)[O-])c1)OC=O. The molecule has 0 aliphatic carbocycles. The van der Waals surface area contributed by atoms with E-state index in [1.165, 1.54) is 0 Å². The van der Waals surface area contributed by atoms with Crippen molar-refractivity contribution in [3.05, 3.63) is 79.9 Å². The number of carbonyl (C=O) groups is 3. The zero-order chi connectivity index (χ0) is 30.7. The Morgan fingerprint density at radius 3 is 1.98 bits per heavy atom. The van der Waals surface area contributed by atoms with Gasteiger partial charge < -0.3 is 29.6 Å². The van der Waals surface area contributed by atoms with Gasteiger partial charge in [-0.2, -0.15) is 0 Å². The van der Waals surface area contributed by atoms with E-state index in [1.54, 1.807) is 48.5 Å². The van der Waals surface area contributed by atoms with E-state index in [-0.39, 0.29) is 75.7 Å². The first-order chi connectivity index (χ1) is 20.1. The van der Waals surface area contributed by atoms with E-state index in [9.17, 15) is 34.6 Å². The highest BCUT2D eigenvalue weighted by atomic mass is 17.0. The molecule has 0 aromatic heterocycles. The molecule has 2 aromatic rings. The number of ether oxygens (including phenoxy) is 3. The van der Waals surface area contributed by atoms with Crippen LogP contribution in [0.4, 0.5) is 0 Å². The highest BCUT2D eigenvalue weighted by Gasteiger charge is 2.17. The third kappa shape index (κ3) is 14.2. The molecular formula is C26H30N4O12. The fraction of sp³-hybridized carbons (Fsp3) is 0.385. The van der Waals surface area contributed by atoms with Crippen LogP contribution in [0.3, 0.4) is 0 Å². The molecule has 0 aliphatic heterocycles. The fourth-order valence-corrected chi connectivity index (χ4v) is 3.57. The highest BCUT2D eigenvalue weighted by Crippen LogP contribution is 2.17. The molecule has 0 saturated carbocycles. The van der Waals surface area contributed by atoms with Gasteiger partial charge in [0.25, 0.3) is 16.6 Å². The van der Waals surface area contributed by atoms with Crippen LogP contribution in [-0.4, -0.2) is 60.3 Å². The molecule has 1 atom stereocenters. The Hall–Kier alpha value is -5.28. The maximum absolute atomic E-state index is 12.4. The molecule has 42 heavy (non-hydrogen) atoms. The summed E-state index contributed by atoms with van der Waals surface area (Å²) in [5, 5.41) is 18.7. The van der Waals surface area contributed by atoms with Crippen molar-refractivity contribution in [3.63, 3.8) is 0 Å². The third-order valence-electron chi connectivity index (χ3n) is 5.40. The summed E-state index contributed by atoms with van der Waals surface area (Å²) in [4.78, 5) is 68.6. The van der Waals surface area contributed by atoms with Gasteiger partial charge in [0.15, 0.2) is 0 Å². The zero-order valence-corrected chi connectivity index (χ0v) is 22.5. The molecule has 226 valence electrons. The van der Waals surface area contributed by atoms with Gasteiger partial charge >= 0.3 is 11.9 Å². The first-order valence-corrected chi connectivity index (χ1v) is 12.7. The van der Waals surface area contributed by atoms with Gasteiger partial charge in [-0.25, -0.2) is 0 Å². The molecule has 0 radical (unpaired) electrons. The minimum absolute atomic E-state index is 0.0197. The van der Waals surface area contributed by atoms with Crippen molar-refractivity contribution in [2.75, 3.05) is 19.8 Å². The zero-order valence-electron chi connectivity index (χ0n) is 22.5. The highest BCUT2D eigenvalue weighted by molar-refractivity contribution is 5.97. The molecule has 0 aliphatic rings. The van der Waals surface area contributed by atoms with Crippen molar-refractivity contribution in [2.45, 2.75) is 44.6 Å². The lowest BCUT2D eigenvalue weighted by atomic mass is 10.1. The van der Waals surface area contributed by atoms with Crippen LogP contribution in [0.25, 0.3) is 0 Å². The van der Waals surface area contributed by atoms with Crippen LogP contribution in [0.5, 0.6) is 11.5 Å². The fourth-order valence-electron chi connectivity index (χ4n) is 3.57. The Morgan fingerprint density at radius 2 is 1.45 bits per heavy atom. The number of amidine groups is 1. The smallest absolute Gasteiger partial charge is 0.318 e. The number of aliphatic imine (C=N–C) groups is 1. The molecule has 2 aromatic carbocycles. The Balaban J connectivity index is 1.76. The van der Waals surface area contributed by atoms with Gasteiger partial charge in [0.1, 0.15) is 43.1 Å². The number of carbonyl (C=O) groups excluding carboxylic acids is 3. The van der Waals surface area contributed by atoms with Crippen LogP contribution in [-0.2, 0) is 41.6 Å². The summed E-state index contributed by atoms with van der Waals surface area (Å²) >= 11 is 0. The molecule has 0 fully saturated rings. The van der Waals surface area contributed by atoms with Crippen molar-refractivity contribution in [1.82, 2.24) is 0 Å². The lowest BCUT2D eigenvalue weighted by Crippen LogP contribution is -2.22. The lowest BCUT2D eigenvalue weighted by Gasteiger charge is -2.14. The molecule has 0 heterocycles. The van der Waals surface area contributed by atoms with Crippen LogP contribution in [0.15, 0.2) is 53.5 Å². The monoisotopic (exact) mass is 590 g/mol. The molecule has 2 N–H and O–H groups in total. The summed E-state index contributed by atoms with van der Waals surface area (Å²) in [6, 6.07) is 12.8. The number of hydrogen-bond acceptors (Lipinski definition) is 13. The second-order valence-corrected chi connectivity index (χ2v) is 8.61. The predicted molar refractivity (Wildman–Crippen MR) is 143 cm³/mol. The first-order valence-electron chi connectivity index (χ1n) is 12.7. The van der Waals surface area contributed by atoms with Crippen molar-refractivity contribution < 1.29 is 48.4 Å². The molecule has 0 amide bonds. The quantitative estimate of drug-likeness (QED) is 0.0341. The van der Waals surface area contributed by atoms with Crippen molar-refractivity contribution in [2.24, 2.45) is 10.7 Å². The number of esters is 2. The largest absolute Gasteiger partial charge is 0.464 e. The van der Waals surface area contributed by atoms with Crippen LogP contribution in [0.2, 0.25) is 0 Å². The Morgan fingerprint density at radius 1 is 0.905 bits per heavy atom. The van der Waals surface area contributed by atoms with Gasteiger partial charge in [0.05, 0.1) is 6.42 Å². The Bertz CT molecular complexity index is 1250. The van der Waals surface area contributed by atoms with Crippen LogP contribution in [0.1, 0.15) is 36.8 Å². The van der Waals surface area contributed by atoms with Crippen molar-refractivity contribution in [1.29, 1.82) is 0 Å². The first kappa shape index (κ1) is 32.9. The van der Waals surface area contributed by atoms with E-state index in [2.05, 4.69) is 14.7 Å². The van der Waals surface area contributed by atoms with E-state index in [0.717, 1.165) is 0 Å². The summed E-state index contributed by atoms with van der Waals surface area (Å²) in [5.41, 5.74) is 7.16. The maximum atomic E-state index is 12.4. The average Bonchev–Trinajstić information content (AvgIpc) is 2.91.